The predicted octanol–water partition coefficient (Wildman–Crippen LogP) is 3.47. The van der Waals surface area contributed by atoms with Gasteiger partial charge in [0, 0.05) is 30.5 Å². The number of fused-ring (bicyclic) bond motifs is 1. The van der Waals surface area contributed by atoms with Crippen molar-refractivity contribution in [2.24, 2.45) is 5.92 Å². The number of nitrogens with one attached hydrogen (secondary N) is 2. The molecule has 2 N–H and O–H groups in total. The van der Waals surface area contributed by atoms with Crippen LogP contribution in [-0.2, 0) is 4.74 Å². The van der Waals surface area contributed by atoms with E-state index in [0.29, 0.717) is 39.5 Å². The van der Waals surface area contributed by atoms with Gasteiger partial charge in [0.15, 0.2) is 0 Å². The highest BCUT2D eigenvalue weighted by atomic mass is 19.3. The van der Waals surface area contributed by atoms with Gasteiger partial charge in [-0.2, -0.15) is 23.8 Å². The summed E-state index contributed by atoms with van der Waals surface area (Å²) in [5.74, 6) is 0.220. The second-order valence-corrected chi connectivity index (χ2v) is 8.42. The summed E-state index contributed by atoms with van der Waals surface area (Å²) < 4.78 is 33.4. The van der Waals surface area contributed by atoms with Crippen LogP contribution in [0.2, 0.25) is 0 Å². The zero-order valence-corrected chi connectivity index (χ0v) is 19.1. The molecule has 0 unspecified atom stereocenters. The van der Waals surface area contributed by atoms with Gasteiger partial charge in [-0.1, -0.05) is 5.21 Å². The van der Waals surface area contributed by atoms with E-state index < -0.39 is 12.6 Å². The van der Waals surface area contributed by atoms with E-state index in [2.05, 4.69) is 37.1 Å². The molecule has 0 aromatic carbocycles. The van der Waals surface area contributed by atoms with Crippen molar-refractivity contribution in [1.82, 2.24) is 34.9 Å². The van der Waals surface area contributed by atoms with Crippen molar-refractivity contribution in [2.45, 2.75) is 25.4 Å². The minimum absolute atomic E-state index is 0.0859. The summed E-state index contributed by atoms with van der Waals surface area (Å²) in [7, 11) is 1.51. The third kappa shape index (κ3) is 4.52. The number of nitriles is 1. The molecule has 1 amide bonds. The Bertz CT molecular complexity index is 1450. The molecule has 4 heterocycles. The maximum atomic E-state index is 13.1. The molecule has 0 radical (unpaired) electrons. The van der Waals surface area contributed by atoms with Gasteiger partial charge in [-0.15, -0.1) is 5.10 Å². The molecule has 184 valence electrons. The van der Waals surface area contributed by atoms with Crippen LogP contribution in [0, 0.1) is 17.2 Å². The van der Waals surface area contributed by atoms with Crippen molar-refractivity contribution in [2.75, 3.05) is 19.0 Å². The molecule has 0 spiro atoms. The van der Waals surface area contributed by atoms with E-state index in [1.807, 2.05) is 18.2 Å². The molecule has 1 fully saturated rings. The molecule has 4 aromatic heterocycles. The minimum atomic E-state index is -2.81. The number of halogens is 2. The summed E-state index contributed by atoms with van der Waals surface area (Å²) in [6.07, 6.45) is 5.28. The van der Waals surface area contributed by atoms with Crippen molar-refractivity contribution < 1.29 is 18.3 Å². The van der Waals surface area contributed by atoms with Crippen molar-refractivity contribution in [3.05, 3.63) is 48.4 Å². The van der Waals surface area contributed by atoms with Gasteiger partial charge in [0.05, 0.1) is 41.5 Å². The number of carbonyl (C=O) groups is 1. The minimum Gasteiger partial charge on any atom is -0.449 e. The summed E-state index contributed by atoms with van der Waals surface area (Å²) in [6, 6.07) is 9.37. The number of nitrogens with zero attached hydrogens (tertiary/aromatic N) is 7. The Hall–Kier alpha value is -4.60. The molecule has 0 bridgehead atoms. The number of alkyl halides is 2. The second kappa shape index (κ2) is 9.57. The van der Waals surface area contributed by atoms with Crippen LogP contribution >= 0.6 is 0 Å². The summed E-state index contributed by atoms with van der Waals surface area (Å²) in [5, 5.41) is 26.7. The summed E-state index contributed by atoms with van der Waals surface area (Å²) >= 11 is 0. The Morgan fingerprint density at radius 2 is 2.11 bits per heavy atom. The molecule has 0 saturated heterocycles. The lowest BCUT2D eigenvalue weighted by Gasteiger charge is -2.36. The van der Waals surface area contributed by atoms with Gasteiger partial charge in [-0.05, 0) is 43.0 Å². The van der Waals surface area contributed by atoms with Crippen molar-refractivity contribution in [3.63, 3.8) is 0 Å². The van der Waals surface area contributed by atoms with E-state index in [1.54, 1.807) is 16.8 Å². The maximum Gasteiger partial charge on any atom is 0.406 e. The van der Waals surface area contributed by atoms with Gasteiger partial charge in [0.1, 0.15) is 11.8 Å². The molecule has 0 aliphatic heterocycles. The largest absolute Gasteiger partial charge is 0.449 e. The lowest BCUT2D eigenvalue weighted by Crippen LogP contribution is -2.39. The average molecular weight is 493 g/mol. The van der Waals surface area contributed by atoms with Crippen molar-refractivity contribution in [1.29, 1.82) is 5.26 Å². The Labute approximate surface area is 203 Å². The van der Waals surface area contributed by atoms with Crippen LogP contribution in [0.1, 0.15) is 25.0 Å². The smallest absolute Gasteiger partial charge is 0.406 e. The van der Waals surface area contributed by atoms with Gasteiger partial charge in [0.2, 0.25) is 0 Å². The number of alkyl carbamates (subject to hydrolysis) is 1. The monoisotopic (exact) mass is 493 g/mol. The Morgan fingerprint density at radius 3 is 2.83 bits per heavy atom. The van der Waals surface area contributed by atoms with Crippen LogP contribution in [0.4, 0.5) is 19.3 Å². The van der Waals surface area contributed by atoms with E-state index in [4.69, 9.17) is 10.00 Å². The molecular weight excluding hydrogens is 472 g/mol. The number of hydrogen-bond acceptors (Lipinski definition) is 8. The molecular formula is C23H21F2N9O2. The maximum absolute atomic E-state index is 13.1. The van der Waals surface area contributed by atoms with Gasteiger partial charge >= 0.3 is 12.6 Å². The van der Waals surface area contributed by atoms with E-state index in [9.17, 15) is 13.6 Å². The summed E-state index contributed by atoms with van der Waals surface area (Å²) in [6.45, 7) is -2.49. The number of rotatable bonds is 7. The molecule has 5 rings (SSSR count). The lowest BCUT2D eigenvalue weighted by molar-refractivity contribution is 0.0546. The van der Waals surface area contributed by atoms with Crippen LogP contribution in [0.3, 0.4) is 0 Å². The molecule has 1 aliphatic carbocycles. The molecule has 1 aliphatic rings. The van der Waals surface area contributed by atoms with Gasteiger partial charge in [-0.3, -0.25) is 4.98 Å². The highest BCUT2D eigenvalue weighted by Crippen LogP contribution is 2.36. The quantitative estimate of drug-likeness (QED) is 0.400. The number of carbonyl (C=O) groups excluding carboxylic acids is 1. The van der Waals surface area contributed by atoms with Crippen LogP contribution in [0.5, 0.6) is 0 Å². The van der Waals surface area contributed by atoms with Crippen LogP contribution in [0.15, 0.2) is 42.9 Å². The van der Waals surface area contributed by atoms with Gasteiger partial charge in [0.25, 0.3) is 0 Å². The van der Waals surface area contributed by atoms with E-state index in [1.165, 1.54) is 19.4 Å². The van der Waals surface area contributed by atoms with Gasteiger partial charge in [-0.25, -0.2) is 9.31 Å². The number of pyridine rings is 1. The third-order valence-electron chi connectivity index (χ3n) is 6.03. The number of amides is 1. The number of aromatic nitrogens is 6. The van der Waals surface area contributed by atoms with E-state index in [-0.39, 0.29) is 17.7 Å². The second-order valence-electron chi connectivity index (χ2n) is 8.42. The molecule has 4 aromatic rings. The zero-order chi connectivity index (χ0) is 25.2. The number of ether oxygens (including phenoxy) is 1. The highest BCUT2D eigenvalue weighted by molar-refractivity contribution is 5.79. The summed E-state index contributed by atoms with van der Waals surface area (Å²) in [4.78, 5) is 15.8. The first kappa shape index (κ1) is 23.2. The molecule has 11 nitrogen and oxygen atoms in total. The first-order valence-corrected chi connectivity index (χ1v) is 11.1. The SMILES string of the molecule is CNC(=O)OCC1CC(Nc2cc(-c3ccc4cc(C#N)cnn34)ncc2-c2cn(C(F)F)nn2)C1. The summed E-state index contributed by atoms with van der Waals surface area (Å²) in [5.41, 5.74) is 3.91. The lowest BCUT2D eigenvalue weighted by atomic mass is 9.80. The topological polar surface area (TPSA) is 135 Å². The Balaban J connectivity index is 1.44. The molecule has 1 saturated carbocycles. The fourth-order valence-corrected chi connectivity index (χ4v) is 4.14. The van der Waals surface area contributed by atoms with Crippen molar-refractivity contribution in [3.8, 4) is 28.7 Å². The number of anilines is 1. The van der Waals surface area contributed by atoms with Crippen molar-refractivity contribution >= 4 is 17.3 Å². The molecule has 13 heteroatoms. The standard InChI is InChI=1S/C23H21F2N9O2/c1-27-23(35)36-12-13-4-15(5-13)30-18-7-19(21-3-2-16-6-14(8-26)9-29-34(16)21)28-10-17(18)20-11-33(22(24)25)32-31-20/h2-3,6-7,9-11,13,15,22H,4-5,12H2,1H3,(H,27,35)(H,28,30). The fourth-order valence-electron chi connectivity index (χ4n) is 4.14. The van der Waals surface area contributed by atoms with E-state index in [0.717, 1.165) is 18.4 Å². The highest BCUT2D eigenvalue weighted by Gasteiger charge is 2.31. The van der Waals surface area contributed by atoms with E-state index >= 15 is 0 Å². The Morgan fingerprint density at radius 1 is 1.28 bits per heavy atom. The molecule has 0 atom stereocenters. The van der Waals surface area contributed by atoms with Crippen LogP contribution in [-0.4, -0.2) is 55.4 Å². The first-order valence-electron chi connectivity index (χ1n) is 11.1. The number of hydrogen-bond donors (Lipinski definition) is 2. The fraction of sp³-hybridized carbons (Fsp3) is 0.304. The predicted molar refractivity (Wildman–Crippen MR) is 124 cm³/mol. The van der Waals surface area contributed by atoms with Crippen LogP contribution in [0.25, 0.3) is 28.2 Å². The molecule has 36 heavy (non-hydrogen) atoms. The normalized spacial score (nSPS) is 17.0. The third-order valence-corrected chi connectivity index (χ3v) is 6.03. The first-order chi connectivity index (χ1) is 17.4. The van der Waals surface area contributed by atoms with Crippen LogP contribution < -0.4 is 10.6 Å². The zero-order valence-electron chi connectivity index (χ0n) is 19.1. The Kier molecular flexibility index (Phi) is 6.16. The average Bonchev–Trinajstić information content (AvgIpc) is 3.52. The van der Waals surface area contributed by atoms with Gasteiger partial charge < -0.3 is 15.4 Å².